The summed E-state index contributed by atoms with van der Waals surface area (Å²) in [5.41, 5.74) is 0. The van der Waals surface area contributed by atoms with E-state index in [9.17, 15) is 4.79 Å². The van der Waals surface area contributed by atoms with E-state index in [2.05, 4.69) is 5.32 Å². The summed E-state index contributed by atoms with van der Waals surface area (Å²) in [6.07, 6.45) is 0.895. The van der Waals surface area contributed by atoms with E-state index in [4.69, 9.17) is 23.2 Å². The van der Waals surface area contributed by atoms with Crippen LogP contribution in [0, 0.1) is 0 Å². The van der Waals surface area contributed by atoms with Gasteiger partial charge in [0.25, 0.3) is 5.91 Å². The maximum atomic E-state index is 10.5. The highest BCUT2D eigenvalue weighted by Crippen LogP contribution is 1.99. The van der Waals surface area contributed by atoms with Gasteiger partial charge in [0.1, 0.15) is 0 Å². The molecular formula is C5H9Cl2NO. The van der Waals surface area contributed by atoms with Crippen LogP contribution < -0.4 is 5.32 Å². The van der Waals surface area contributed by atoms with E-state index in [0.717, 1.165) is 6.42 Å². The topological polar surface area (TPSA) is 29.1 Å². The van der Waals surface area contributed by atoms with E-state index in [1.165, 1.54) is 0 Å². The molecule has 0 aliphatic heterocycles. The molecule has 0 aromatic heterocycles. The van der Waals surface area contributed by atoms with Crippen LogP contribution in [0.1, 0.15) is 13.3 Å². The molecule has 0 spiro atoms. The average molecular weight is 170 g/mol. The van der Waals surface area contributed by atoms with Crippen LogP contribution >= 0.6 is 23.2 Å². The molecule has 54 valence electrons. The lowest BCUT2D eigenvalue weighted by Gasteiger charge is -2.01. The molecule has 0 rings (SSSR count). The summed E-state index contributed by atoms with van der Waals surface area (Å²) in [7, 11) is 0. The largest absolute Gasteiger partial charge is 0.354 e. The predicted molar refractivity (Wildman–Crippen MR) is 38.8 cm³/mol. The fourth-order valence-corrected chi connectivity index (χ4v) is 0.480. The number of hydrogen-bond donors (Lipinski definition) is 1. The number of carbonyl (C=O) groups is 1. The molecule has 0 aromatic carbocycles. The Morgan fingerprint density at radius 2 is 2.22 bits per heavy atom. The third kappa shape index (κ3) is 4.55. The molecule has 0 saturated carbocycles. The first-order valence-corrected chi connectivity index (χ1v) is 3.61. The quantitative estimate of drug-likeness (QED) is 0.635. The molecule has 0 unspecified atom stereocenters. The molecular weight excluding hydrogens is 161 g/mol. The van der Waals surface area contributed by atoms with Gasteiger partial charge in [-0.25, -0.2) is 0 Å². The van der Waals surface area contributed by atoms with Crippen molar-refractivity contribution in [3.05, 3.63) is 0 Å². The zero-order valence-corrected chi connectivity index (χ0v) is 6.67. The van der Waals surface area contributed by atoms with E-state index in [-0.39, 0.29) is 5.91 Å². The molecule has 1 amide bonds. The van der Waals surface area contributed by atoms with Crippen LogP contribution in [0.15, 0.2) is 0 Å². The molecule has 0 aromatic rings. The standard InChI is InChI=1S/C5H9Cl2NO/c1-2-3-8-5(9)4(6)7/h4H,2-3H2,1H3,(H,8,9). The van der Waals surface area contributed by atoms with Crippen molar-refractivity contribution in [1.29, 1.82) is 0 Å². The first-order chi connectivity index (χ1) is 4.18. The van der Waals surface area contributed by atoms with Crippen LogP contribution in [0.2, 0.25) is 0 Å². The van der Waals surface area contributed by atoms with E-state index >= 15 is 0 Å². The van der Waals surface area contributed by atoms with E-state index in [0.29, 0.717) is 6.54 Å². The molecule has 1 N–H and O–H groups in total. The Hall–Kier alpha value is 0.0500. The van der Waals surface area contributed by atoms with Crippen molar-refractivity contribution in [2.45, 2.75) is 18.2 Å². The first kappa shape index (κ1) is 9.05. The molecule has 0 fully saturated rings. The summed E-state index contributed by atoms with van der Waals surface area (Å²) < 4.78 is 0. The van der Waals surface area contributed by atoms with Gasteiger partial charge in [0.05, 0.1) is 0 Å². The zero-order chi connectivity index (χ0) is 7.28. The highest BCUT2D eigenvalue weighted by Gasteiger charge is 2.08. The van der Waals surface area contributed by atoms with Crippen LogP contribution in [-0.4, -0.2) is 17.3 Å². The Morgan fingerprint density at radius 3 is 2.56 bits per heavy atom. The van der Waals surface area contributed by atoms with Crippen LogP contribution in [0.5, 0.6) is 0 Å². The predicted octanol–water partition coefficient (Wildman–Crippen LogP) is 1.32. The number of halogens is 2. The van der Waals surface area contributed by atoms with Gasteiger partial charge in [0, 0.05) is 6.54 Å². The molecule has 0 aliphatic carbocycles. The van der Waals surface area contributed by atoms with Gasteiger partial charge in [0.15, 0.2) is 4.84 Å². The minimum Gasteiger partial charge on any atom is -0.354 e. The number of alkyl halides is 2. The number of carbonyl (C=O) groups excluding carboxylic acids is 1. The summed E-state index contributed by atoms with van der Waals surface area (Å²) in [6, 6.07) is 0. The van der Waals surface area contributed by atoms with Crippen LogP contribution in [0.4, 0.5) is 0 Å². The SMILES string of the molecule is CCCNC(=O)C(Cl)Cl. The molecule has 9 heavy (non-hydrogen) atoms. The fourth-order valence-electron chi connectivity index (χ4n) is 0.325. The smallest absolute Gasteiger partial charge is 0.253 e. The molecule has 0 heterocycles. The normalized spacial score (nSPS) is 9.78. The van der Waals surface area contributed by atoms with E-state index in [1.807, 2.05) is 6.92 Å². The Bertz CT molecular complexity index is 95.0. The maximum Gasteiger partial charge on any atom is 0.253 e. The van der Waals surface area contributed by atoms with Gasteiger partial charge in [-0.2, -0.15) is 0 Å². The van der Waals surface area contributed by atoms with Crippen molar-refractivity contribution < 1.29 is 4.79 Å². The van der Waals surface area contributed by atoms with Gasteiger partial charge >= 0.3 is 0 Å². The third-order valence-electron chi connectivity index (χ3n) is 0.747. The average Bonchev–Trinajstić information content (AvgIpc) is 1.82. The maximum absolute atomic E-state index is 10.5. The second-order valence-corrected chi connectivity index (χ2v) is 2.69. The summed E-state index contributed by atoms with van der Waals surface area (Å²) >= 11 is 10.4. The van der Waals surface area contributed by atoms with E-state index < -0.39 is 4.84 Å². The van der Waals surface area contributed by atoms with Crippen molar-refractivity contribution in [3.63, 3.8) is 0 Å². The highest BCUT2D eigenvalue weighted by atomic mass is 35.5. The van der Waals surface area contributed by atoms with Crippen molar-refractivity contribution in [3.8, 4) is 0 Å². The second-order valence-electron chi connectivity index (χ2n) is 1.59. The number of nitrogens with one attached hydrogen (secondary N) is 1. The van der Waals surface area contributed by atoms with Gasteiger partial charge in [-0.05, 0) is 6.42 Å². The van der Waals surface area contributed by atoms with E-state index in [1.54, 1.807) is 0 Å². The molecule has 0 bridgehead atoms. The zero-order valence-electron chi connectivity index (χ0n) is 5.16. The number of hydrogen-bond acceptors (Lipinski definition) is 1. The lowest BCUT2D eigenvalue weighted by molar-refractivity contribution is -0.119. The van der Waals surface area contributed by atoms with Gasteiger partial charge in [-0.1, -0.05) is 30.1 Å². The molecule has 2 nitrogen and oxygen atoms in total. The summed E-state index contributed by atoms with van der Waals surface area (Å²) in [4.78, 5) is 9.59. The van der Waals surface area contributed by atoms with Gasteiger partial charge in [-0.3, -0.25) is 4.79 Å². The van der Waals surface area contributed by atoms with Gasteiger partial charge in [-0.15, -0.1) is 0 Å². The van der Waals surface area contributed by atoms with Crippen molar-refractivity contribution >= 4 is 29.1 Å². The van der Waals surface area contributed by atoms with Crippen molar-refractivity contribution in [2.24, 2.45) is 0 Å². The van der Waals surface area contributed by atoms with Gasteiger partial charge in [0.2, 0.25) is 0 Å². The molecule has 0 atom stereocenters. The number of amides is 1. The highest BCUT2D eigenvalue weighted by molar-refractivity contribution is 6.53. The molecule has 0 radical (unpaired) electrons. The molecule has 0 saturated heterocycles. The Kier molecular flexibility index (Phi) is 4.91. The lowest BCUT2D eigenvalue weighted by Crippen LogP contribution is -2.28. The summed E-state index contributed by atoms with van der Waals surface area (Å²) in [6.45, 7) is 2.59. The monoisotopic (exact) mass is 169 g/mol. The Balaban J connectivity index is 3.28. The van der Waals surface area contributed by atoms with Crippen molar-refractivity contribution in [1.82, 2.24) is 5.32 Å². The minimum atomic E-state index is -0.934. The van der Waals surface area contributed by atoms with Crippen LogP contribution in [0.3, 0.4) is 0 Å². The van der Waals surface area contributed by atoms with Crippen LogP contribution in [0.25, 0.3) is 0 Å². The third-order valence-corrected chi connectivity index (χ3v) is 1.14. The molecule has 0 aliphatic rings. The van der Waals surface area contributed by atoms with Crippen LogP contribution in [-0.2, 0) is 4.79 Å². The lowest BCUT2D eigenvalue weighted by atomic mass is 10.5. The summed E-state index contributed by atoms with van der Waals surface area (Å²) in [5.74, 6) is -0.319. The fraction of sp³-hybridized carbons (Fsp3) is 0.800. The Labute approximate surface area is 64.5 Å². The number of rotatable bonds is 3. The first-order valence-electron chi connectivity index (χ1n) is 2.74. The second kappa shape index (κ2) is 4.89. The Morgan fingerprint density at radius 1 is 1.67 bits per heavy atom. The summed E-state index contributed by atoms with van der Waals surface area (Å²) in [5, 5.41) is 2.53. The van der Waals surface area contributed by atoms with Gasteiger partial charge < -0.3 is 5.32 Å². The van der Waals surface area contributed by atoms with Crippen molar-refractivity contribution in [2.75, 3.05) is 6.54 Å². The molecule has 4 heteroatoms. The minimum absolute atomic E-state index is 0.319.